The molecule has 2 rings (SSSR count). The summed E-state index contributed by atoms with van der Waals surface area (Å²) in [6.07, 6.45) is -6.18. The summed E-state index contributed by atoms with van der Waals surface area (Å²) < 4.78 is 47.9. The highest BCUT2D eigenvalue weighted by Gasteiger charge is 2.30. The van der Waals surface area contributed by atoms with Crippen molar-refractivity contribution >= 4 is 0 Å². The predicted molar refractivity (Wildman–Crippen MR) is 71.7 cm³/mol. The van der Waals surface area contributed by atoms with Gasteiger partial charge in [0.1, 0.15) is 17.6 Å². The Hall–Kier alpha value is -1.43. The number of ether oxygens (including phenoxy) is 2. The first-order valence-corrected chi connectivity index (χ1v) is 7.01. The van der Waals surface area contributed by atoms with Crippen LogP contribution in [0.2, 0.25) is 0 Å². The maximum absolute atomic E-state index is 12.3. The van der Waals surface area contributed by atoms with Gasteiger partial charge in [-0.25, -0.2) is 0 Å². The van der Waals surface area contributed by atoms with E-state index in [-0.39, 0.29) is 6.10 Å². The van der Waals surface area contributed by atoms with Crippen molar-refractivity contribution in [3.05, 3.63) is 23.3 Å². The lowest BCUT2D eigenvalue weighted by Gasteiger charge is -2.18. The van der Waals surface area contributed by atoms with Gasteiger partial charge in [0.25, 0.3) is 0 Å². The van der Waals surface area contributed by atoms with Crippen molar-refractivity contribution in [2.45, 2.75) is 51.5 Å². The predicted octanol–water partition coefficient (Wildman–Crippen LogP) is 3.78. The molecule has 1 N–H and O–H groups in total. The molecule has 1 aliphatic heterocycles. The van der Waals surface area contributed by atoms with E-state index in [1.807, 2.05) is 6.92 Å². The Morgan fingerprint density at radius 2 is 2.14 bits per heavy atom. The van der Waals surface area contributed by atoms with E-state index in [4.69, 9.17) is 9.47 Å². The van der Waals surface area contributed by atoms with Crippen LogP contribution in [0.15, 0.2) is 12.1 Å². The molecule has 0 radical (unpaired) electrons. The summed E-state index contributed by atoms with van der Waals surface area (Å²) in [5.41, 5.74) is 1.31. The number of alkyl halides is 3. The van der Waals surface area contributed by atoms with E-state index >= 15 is 0 Å². The Bertz CT molecular complexity index is 500. The number of benzene rings is 1. The fourth-order valence-corrected chi connectivity index (χ4v) is 2.45. The molecule has 0 aliphatic carbocycles. The van der Waals surface area contributed by atoms with E-state index in [1.165, 1.54) is 0 Å². The number of hydrogen-bond donors (Lipinski definition) is 1. The third-order valence-corrected chi connectivity index (χ3v) is 3.39. The molecule has 0 saturated heterocycles. The molecule has 1 aliphatic rings. The first-order valence-electron chi connectivity index (χ1n) is 7.01. The minimum Gasteiger partial charge on any atom is -0.493 e. The first-order chi connectivity index (χ1) is 9.80. The number of halogens is 3. The molecule has 21 heavy (non-hydrogen) atoms. The summed E-state index contributed by atoms with van der Waals surface area (Å²) in [4.78, 5) is 0. The smallest absolute Gasteiger partial charge is 0.389 e. The van der Waals surface area contributed by atoms with Crippen LogP contribution < -0.4 is 9.47 Å². The molecular formula is C15H19F3O3. The van der Waals surface area contributed by atoms with Gasteiger partial charge < -0.3 is 14.6 Å². The van der Waals surface area contributed by atoms with Gasteiger partial charge in [0.05, 0.1) is 12.7 Å². The van der Waals surface area contributed by atoms with Crippen molar-refractivity contribution < 1.29 is 27.8 Å². The SMILES string of the molecule is CCOc1cc2c(cc1C(O)CCC(F)(F)F)OC(C)C2. The van der Waals surface area contributed by atoms with Gasteiger partial charge in [0, 0.05) is 24.0 Å². The van der Waals surface area contributed by atoms with Gasteiger partial charge in [-0.15, -0.1) is 0 Å². The quantitative estimate of drug-likeness (QED) is 0.899. The molecule has 118 valence electrons. The van der Waals surface area contributed by atoms with Crippen molar-refractivity contribution in [3.8, 4) is 11.5 Å². The Labute approximate surface area is 121 Å². The van der Waals surface area contributed by atoms with E-state index in [9.17, 15) is 18.3 Å². The van der Waals surface area contributed by atoms with Crippen LogP contribution in [-0.2, 0) is 6.42 Å². The first kappa shape index (κ1) is 15.9. The fraction of sp³-hybridized carbons (Fsp3) is 0.600. The second-order valence-corrected chi connectivity index (χ2v) is 5.23. The van der Waals surface area contributed by atoms with Gasteiger partial charge in [-0.2, -0.15) is 13.2 Å². The maximum Gasteiger partial charge on any atom is 0.389 e. The molecule has 0 bridgehead atoms. The minimum absolute atomic E-state index is 0.0250. The second kappa shape index (κ2) is 6.13. The minimum atomic E-state index is -4.28. The summed E-state index contributed by atoms with van der Waals surface area (Å²) in [5.74, 6) is 1.05. The molecule has 3 nitrogen and oxygen atoms in total. The normalized spacial score (nSPS) is 19.0. The van der Waals surface area contributed by atoms with E-state index in [2.05, 4.69) is 0 Å². The molecule has 2 atom stereocenters. The Kier molecular flexibility index (Phi) is 4.66. The van der Waals surface area contributed by atoms with Gasteiger partial charge >= 0.3 is 6.18 Å². The van der Waals surface area contributed by atoms with Crippen LogP contribution in [0, 0.1) is 0 Å². The third-order valence-electron chi connectivity index (χ3n) is 3.39. The average molecular weight is 304 g/mol. The number of hydrogen-bond acceptors (Lipinski definition) is 3. The zero-order chi connectivity index (χ0) is 15.6. The highest BCUT2D eigenvalue weighted by atomic mass is 19.4. The molecule has 0 spiro atoms. The molecule has 1 aromatic carbocycles. The molecule has 2 unspecified atom stereocenters. The molecule has 1 aromatic rings. The zero-order valence-corrected chi connectivity index (χ0v) is 12.0. The van der Waals surface area contributed by atoms with Crippen molar-refractivity contribution in [2.24, 2.45) is 0 Å². The lowest BCUT2D eigenvalue weighted by Crippen LogP contribution is -2.11. The summed E-state index contributed by atoms with van der Waals surface area (Å²) in [5, 5.41) is 10.1. The van der Waals surface area contributed by atoms with Gasteiger partial charge in [-0.3, -0.25) is 0 Å². The van der Waals surface area contributed by atoms with Gasteiger partial charge in [0.15, 0.2) is 0 Å². The molecule has 0 saturated carbocycles. The highest BCUT2D eigenvalue weighted by Crippen LogP contribution is 2.39. The van der Waals surface area contributed by atoms with Crippen LogP contribution in [0.25, 0.3) is 0 Å². The van der Waals surface area contributed by atoms with E-state index < -0.39 is 25.1 Å². The van der Waals surface area contributed by atoms with Crippen molar-refractivity contribution in [3.63, 3.8) is 0 Å². The van der Waals surface area contributed by atoms with Crippen LogP contribution >= 0.6 is 0 Å². The summed E-state index contributed by atoms with van der Waals surface area (Å²) in [6, 6.07) is 3.36. The number of aliphatic hydroxyl groups is 1. The Balaban J connectivity index is 2.22. The van der Waals surface area contributed by atoms with E-state index in [0.717, 1.165) is 12.0 Å². The Morgan fingerprint density at radius 3 is 2.76 bits per heavy atom. The van der Waals surface area contributed by atoms with Crippen LogP contribution in [-0.4, -0.2) is 24.0 Å². The lowest BCUT2D eigenvalue weighted by atomic mass is 10.00. The molecular weight excluding hydrogens is 285 g/mol. The Morgan fingerprint density at radius 1 is 1.43 bits per heavy atom. The van der Waals surface area contributed by atoms with Crippen molar-refractivity contribution in [1.29, 1.82) is 0 Å². The standard InChI is InChI=1S/C15H19F3O3/c1-3-20-14-7-10-6-9(2)21-13(10)8-11(14)12(19)4-5-15(16,17)18/h7-9,12,19H,3-6H2,1-2H3. The van der Waals surface area contributed by atoms with Gasteiger partial charge in [-0.05, 0) is 32.4 Å². The second-order valence-electron chi connectivity index (χ2n) is 5.23. The maximum atomic E-state index is 12.3. The highest BCUT2D eigenvalue weighted by molar-refractivity contribution is 5.49. The molecule has 0 fully saturated rings. The largest absolute Gasteiger partial charge is 0.493 e. The van der Waals surface area contributed by atoms with E-state index in [0.29, 0.717) is 23.7 Å². The zero-order valence-electron chi connectivity index (χ0n) is 12.0. The average Bonchev–Trinajstić information content (AvgIpc) is 2.73. The van der Waals surface area contributed by atoms with Crippen LogP contribution in [0.5, 0.6) is 11.5 Å². The van der Waals surface area contributed by atoms with Gasteiger partial charge in [-0.1, -0.05) is 0 Å². The monoisotopic (exact) mass is 304 g/mol. The summed E-state index contributed by atoms with van der Waals surface area (Å²) >= 11 is 0. The molecule has 6 heteroatoms. The summed E-state index contributed by atoms with van der Waals surface area (Å²) in [6.45, 7) is 4.09. The van der Waals surface area contributed by atoms with E-state index in [1.54, 1.807) is 19.1 Å². The number of aliphatic hydroxyl groups excluding tert-OH is 1. The lowest BCUT2D eigenvalue weighted by molar-refractivity contribution is -0.140. The molecule has 0 amide bonds. The van der Waals surface area contributed by atoms with Gasteiger partial charge in [0.2, 0.25) is 0 Å². The molecule has 0 aromatic heterocycles. The summed E-state index contributed by atoms with van der Waals surface area (Å²) in [7, 11) is 0. The molecule has 1 heterocycles. The number of rotatable bonds is 5. The third kappa shape index (κ3) is 4.03. The van der Waals surface area contributed by atoms with Crippen LogP contribution in [0.1, 0.15) is 43.9 Å². The number of fused-ring (bicyclic) bond motifs is 1. The van der Waals surface area contributed by atoms with Crippen LogP contribution in [0.4, 0.5) is 13.2 Å². The van der Waals surface area contributed by atoms with Crippen molar-refractivity contribution in [2.75, 3.05) is 6.61 Å². The fourth-order valence-electron chi connectivity index (χ4n) is 2.45. The topological polar surface area (TPSA) is 38.7 Å². The van der Waals surface area contributed by atoms with Crippen LogP contribution in [0.3, 0.4) is 0 Å². The van der Waals surface area contributed by atoms with Crippen molar-refractivity contribution in [1.82, 2.24) is 0 Å².